The van der Waals surface area contributed by atoms with Gasteiger partial charge < -0.3 is 0 Å². The van der Waals surface area contributed by atoms with E-state index in [9.17, 15) is 0 Å². The zero-order valence-electron chi connectivity index (χ0n) is 4.11. The normalized spacial score (nSPS) is 8.50. The van der Waals surface area contributed by atoms with Crippen LogP contribution in [0, 0.1) is 0 Å². The third kappa shape index (κ3) is 1.07. The van der Waals surface area contributed by atoms with Crippen molar-refractivity contribution in [2.45, 2.75) is 0 Å². The van der Waals surface area contributed by atoms with Crippen molar-refractivity contribution in [1.82, 2.24) is 9.97 Å². The highest BCUT2D eigenvalue weighted by Gasteiger charge is 1.80. The quantitative estimate of drug-likeness (QED) is 0.518. The van der Waals surface area contributed by atoms with E-state index in [4.69, 9.17) is 0 Å². The lowest BCUT2D eigenvalue weighted by molar-refractivity contribution is 1.15. The van der Waals surface area contributed by atoms with Crippen LogP contribution >= 0.6 is 12.2 Å². The van der Waals surface area contributed by atoms with Gasteiger partial charge in [-0.1, -0.05) is 12.2 Å². The molecule has 0 atom stereocenters. The highest BCUT2D eigenvalue weighted by Crippen LogP contribution is 1.79. The molecule has 0 aliphatic heterocycles. The largest absolute Gasteiger partial charge is 0.236 e. The fraction of sp³-hybridized carbons (Fsp3) is 0. The lowest BCUT2D eigenvalue weighted by Crippen LogP contribution is -1.86. The molecule has 0 amide bonds. The standard InChI is InChI=1S/C5H4N2S/c8-4-5-6-2-1-3-7-5/h1-4H. The van der Waals surface area contributed by atoms with Crippen molar-refractivity contribution in [1.29, 1.82) is 0 Å². The molecular weight excluding hydrogens is 120 g/mol. The minimum Gasteiger partial charge on any atom is -0.236 e. The fourth-order valence-electron chi connectivity index (χ4n) is 0.371. The van der Waals surface area contributed by atoms with Gasteiger partial charge >= 0.3 is 0 Å². The van der Waals surface area contributed by atoms with Gasteiger partial charge in [-0.05, 0) is 6.07 Å². The molecule has 0 saturated carbocycles. The fourth-order valence-corrected chi connectivity index (χ4v) is 0.493. The van der Waals surface area contributed by atoms with Gasteiger partial charge in [0.2, 0.25) is 0 Å². The maximum absolute atomic E-state index is 4.57. The predicted molar refractivity (Wildman–Crippen MR) is 34.8 cm³/mol. The summed E-state index contributed by atoms with van der Waals surface area (Å²) < 4.78 is 0. The molecule has 1 aromatic heterocycles. The summed E-state index contributed by atoms with van der Waals surface area (Å²) in [4.78, 5) is 7.65. The van der Waals surface area contributed by atoms with Crippen molar-refractivity contribution in [3.8, 4) is 0 Å². The average Bonchev–Trinajstić information content (AvgIpc) is 1.90. The lowest BCUT2D eigenvalue weighted by Gasteiger charge is -1.82. The second-order valence-corrected chi connectivity index (χ2v) is 1.46. The van der Waals surface area contributed by atoms with E-state index in [0.717, 1.165) is 0 Å². The van der Waals surface area contributed by atoms with Crippen LogP contribution in [0.15, 0.2) is 18.5 Å². The van der Waals surface area contributed by atoms with Crippen molar-refractivity contribution in [3.63, 3.8) is 0 Å². The van der Waals surface area contributed by atoms with Gasteiger partial charge in [-0.15, -0.1) is 0 Å². The zero-order chi connectivity index (χ0) is 5.82. The Hall–Kier alpha value is -0.830. The molecule has 0 aliphatic carbocycles. The van der Waals surface area contributed by atoms with Crippen LogP contribution in [-0.4, -0.2) is 15.3 Å². The molecule has 1 rings (SSSR count). The highest BCUT2D eigenvalue weighted by atomic mass is 32.1. The molecule has 8 heavy (non-hydrogen) atoms. The SMILES string of the molecule is S=Cc1ncccn1. The second-order valence-electron chi connectivity index (χ2n) is 1.22. The Kier molecular flexibility index (Phi) is 1.64. The molecule has 0 aromatic carbocycles. The number of thiocarbonyl (C=S) groups is 1. The number of nitrogens with zero attached hydrogens (tertiary/aromatic N) is 2. The summed E-state index contributed by atoms with van der Waals surface area (Å²) >= 11 is 4.57. The number of aromatic nitrogens is 2. The Balaban J connectivity index is 2.99. The predicted octanol–water partition coefficient (Wildman–Crippen LogP) is 0.824. The Morgan fingerprint density at radius 3 is 2.38 bits per heavy atom. The van der Waals surface area contributed by atoms with Gasteiger partial charge in [0.15, 0.2) is 5.82 Å². The van der Waals surface area contributed by atoms with Crippen molar-refractivity contribution < 1.29 is 0 Å². The summed E-state index contributed by atoms with van der Waals surface area (Å²) in [7, 11) is 0. The van der Waals surface area contributed by atoms with E-state index < -0.39 is 0 Å². The molecule has 3 heteroatoms. The molecule has 0 saturated heterocycles. The molecular formula is C5H4N2S. The van der Waals surface area contributed by atoms with Crippen molar-refractivity contribution in [2.24, 2.45) is 0 Å². The first-order valence-corrected chi connectivity index (χ1v) is 2.63. The van der Waals surface area contributed by atoms with Crippen LogP contribution in [0.1, 0.15) is 5.82 Å². The van der Waals surface area contributed by atoms with Crippen molar-refractivity contribution in [3.05, 3.63) is 24.3 Å². The number of hydrogen-bond acceptors (Lipinski definition) is 3. The Labute approximate surface area is 52.6 Å². The summed E-state index contributed by atoms with van der Waals surface area (Å²) in [6.45, 7) is 0. The molecule has 0 spiro atoms. The first-order chi connectivity index (χ1) is 3.93. The summed E-state index contributed by atoms with van der Waals surface area (Å²) in [5.41, 5.74) is 0. The first-order valence-electron chi connectivity index (χ1n) is 2.15. The zero-order valence-corrected chi connectivity index (χ0v) is 4.93. The smallest absolute Gasteiger partial charge is 0.162 e. The van der Waals surface area contributed by atoms with Crippen LogP contribution in [0.25, 0.3) is 0 Å². The van der Waals surface area contributed by atoms with Crippen LogP contribution in [0.4, 0.5) is 0 Å². The van der Waals surface area contributed by atoms with E-state index in [1.165, 1.54) is 5.37 Å². The van der Waals surface area contributed by atoms with E-state index in [1.807, 2.05) is 0 Å². The molecule has 1 heterocycles. The van der Waals surface area contributed by atoms with Crippen molar-refractivity contribution in [2.75, 3.05) is 0 Å². The highest BCUT2D eigenvalue weighted by molar-refractivity contribution is 7.79. The van der Waals surface area contributed by atoms with Crippen LogP contribution in [0.3, 0.4) is 0 Å². The maximum atomic E-state index is 4.57. The second kappa shape index (κ2) is 2.47. The van der Waals surface area contributed by atoms with Gasteiger partial charge in [0.05, 0.1) is 0 Å². The first kappa shape index (κ1) is 5.31. The molecule has 0 fully saturated rings. The molecule has 1 aromatic rings. The van der Waals surface area contributed by atoms with E-state index in [1.54, 1.807) is 18.5 Å². The Morgan fingerprint density at radius 2 is 2.00 bits per heavy atom. The lowest BCUT2D eigenvalue weighted by atomic mass is 10.6. The van der Waals surface area contributed by atoms with Gasteiger partial charge in [0, 0.05) is 17.8 Å². The third-order valence-electron chi connectivity index (χ3n) is 0.691. The number of rotatable bonds is 1. The van der Waals surface area contributed by atoms with E-state index in [0.29, 0.717) is 5.82 Å². The monoisotopic (exact) mass is 124 g/mol. The van der Waals surface area contributed by atoms with E-state index in [2.05, 4.69) is 22.2 Å². The van der Waals surface area contributed by atoms with Crippen LogP contribution in [0.5, 0.6) is 0 Å². The molecule has 0 N–H and O–H groups in total. The van der Waals surface area contributed by atoms with Gasteiger partial charge in [0.1, 0.15) is 0 Å². The summed E-state index contributed by atoms with van der Waals surface area (Å²) in [5, 5.41) is 1.44. The molecule has 40 valence electrons. The molecule has 0 aliphatic rings. The Bertz CT molecular complexity index is 173. The minimum absolute atomic E-state index is 0.600. The molecule has 0 radical (unpaired) electrons. The summed E-state index contributed by atoms with van der Waals surface area (Å²) in [5.74, 6) is 0.600. The third-order valence-corrected chi connectivity index (χ3v) is 0.902. The van der Waals surface area contributed by atoms with Crippen LogP contribution in [0.2, 0.25) is 0 Å². The van der Waals surface area contributed by atoms with Crippen LogP contribution in [-0.2, 0) is 0 Å². The maximum Gasteiger partial charge on any atom is 0.162 e. The molecule has 0 unspecified atom stereocenters. The van der Waals surface area contributed by atoms with E-state index in [-0.39, 0.29) is 0 Å². The minimum atomic E-state index is 0.600. The Morgan fingerprint density at radius 1 is 1.38 bits per heavy atom. The topological polar surface area (TPSA) is 25.8 Å². The molecule has 2 nitrogen and oxygen atoms in total. The van der Waals surface area contributed by atoms with Gasteiger partial charge in [-0.2, -0.15) is 0 Å². The van der Waals surface area contributed by atoms with Crippen molar-refractivity contribution >= 4 is 17.6 Å². The summed E-state index contributed by atoms with van der Waals surface area (Å²) in [6.07, 6.45) is 3.32. The van der Waals surface area contributed by atoms with E-state index >= 15 is 0 Å². The average molecular weight is 124 g/mol. The number of hydrogen-bond donors (Lipinski definition) is 0. The van der Waals surface area contributed by atoms with Gasteiger partial charge in [-0.25, -0.2) is 9.97 Å². The molecule has 0 bridgehead atoms. The van der Waals surface area contributed by atoms with Crippen LogP contribution < -0.4 is 0 Å². The van der Waals surface area contributed by atoms with Gasteiger partial charge in [-0.3, -0.25) is 0 Å². The summed E-state index contributed by atoms with van der Waals surface area (Å²) in [6, 6.07) is 1.75. The van der Waals surface area contributed by atoms with Gasteiger partial charge in [0.25, 0.3) is 0 Å².